The van der Waals surface area contributed by atoms with Gasteiger partial charge in [0.2, 0.25) is 0 Å². The van der Waals surface area contributed by atoms with E-state index in [9.17, 15) is 0 Å². The highest BCUT2D eigenvalue weighted by atomic mass is 15.3. The zero-order valence-corrected chi connectivity index (χ0v) is 11.2. The molecule has 2 aliphatic heterocycles. The van der Waals surface area contributed by atoms with Crippen molar-refractivity contribution >= 4 is 0 Å². The Labute approximate surface area is 106 Å². The van der Waals surface area contributed by atoms with Crippen LogP contribution in [0.4, 0.5) is 0 Å². The van der Waals surface area contributed by atoms with E-state index in [0.717, 1.165) is 24.5 Å². The lowest BCUT2D eigenvalue weighted by Crippen LogP contribution is -2.53. The molecule has 98 valence electrons. The van der Waals surface area contributed by atoms with Gasteiger partial charge in [0.05, 0.1) is 0 Å². The fourth-order valence-corrected chi connectivity index (χ4v) is 3.64. The third-order valence-corrected chi connectivity index (χ3v) is 4.78. The minimum Gasteiger partial charge on any atom is -0.313 e. The van der Waals surface area contributed by atoms with Crippen LogP contribution >= 0.6 is 0 Å². The van der Waals surface area contributed by atoms with Gasteiger partial charge >= 0.3 is 0 Å². The molecule has 3 aliphatic rings. The van der Waals surface area contributed by atoms with Gasteiger partial charge < -0.3 is 5.32 Å². The van der Waals surface area contributed by atoms with Gasteiger partial charge in [-0.25, -0.2) is 0 Å². The molecule has 0 aromatic carbocycles. The van der Waals surface area contributed by atoms with Crippen LogP contribution in [-0.2, 0) is 0 Å². The van der Waals surface area contributed by atoms with Crippen molar-refractivity contribution in [2.24, 2.45) is 5.92 Å². The molecule has 1 saturated carbocycles. The normalized spacial score (nSPS) is 32.6. The number of piperazine rings is 1. The van der Waals surface area contributed by atoms with E-state index in [2.05, 4.69) is 22.0 Å². The number of nitrogens with one attached hydrogen (secondary N) is 1. The summed E-state index contributed by atoms with van der Waals surface area (Å²) in [7, 11) is 0. The van der Waals surface area contributed by atoms with E-state index in [1.54, 1.807) is 0 Å². The maximum absolute atomic E-state index is 3.70. The topological polar surface area (TPSA) is 18.5 Å². The molecule has 0 amide bonds. The van der Waals surface area contributed by atoms with E-state index < -0.39 is 0 Å². The second kappa shape index (κ2) is 5.25. The molecule has 3 heteroatoms. The average molecular weight is 237 g/mol. The Morgan fingerprint density at radius 2 is 2.06 bits per heavy atom. The maximum atomic E-state index is 3.70. The third-order valence-electron chi connectivity index (χ3n) is 4.78. The third kappa shape index (κ3) is 2.83. The van der Waals surface area contributed by atoms with E-state index in [-0.39, 0.29) is 0 Å². The molecule has 2 unspecified atom stereocenters. The van der Waals surface area contributed by atoms with Gasteiger partial charge in [-0.05, 0) is 44.7 Å². The zero-order chi connectivity index (χ0) is 11.7. The lowest BCUT2D eigenvalue weighted by atomic mass is 10.1. The summed E-state index contributed by atoms with van der Waals surface area (Å²) in [5.74, 6) is 0.983. The summed E-state index contributed by atoms with van der Waals surface area (Å²) in [4.78, 5) is 5.42. The molecular formula is C14H27N3. The summed E-state index contributed by atoms with van der Waals surface area (Å²) < 4.78 is 0. The average Bonchev–Trinajstić information content (AvgIpc) is 3.07. The Morgan fingerprint density at radius 1 is 1.18 bits per heavy atom. The van der Waals surface area contributed by atoms with Gasteiger partial charge in [-0.1, -0.05) is 6.92 Å². The van der Waals surface area contributed by atoms with Gasteiger partial charge in [-0.3, -0.25) is 9.80 Å². The van der Waals surface area contributed by atoms with Gasteiger partial charge in [0.1, 0.15) is 0 Å². The van der Waals surface area contributed by atoms with Crippen LogP contribution in [-0.4, -0.2) is 61.2 Å². The summed E-state index contributed by atoms with van der Waals surface area (Å²) in [5, 5.41) is 3.70. The van der Waals surface area contributed by atoms with Crippen LogP contribution in [0.25, 0.3) is 0 Å². The minimum atomic E-state index is 0.771. The maximum Gasteiger partial charge on any atom is 0.0224 e. The lowest BCUT2D eigenvalue weighted by molar-refractivity contribution is 0.0942. The Morgan fingerprint density at radius 3 is 2.82 bits per heavy atom. The van der Waals surface area contributed by atoms with Crippen LogP contribution in [0.2, 0.25) is 0 Å². The van der Waals surface area contributed by atoms with Gasteiger partial charge in [-0.2, -0.15) is 0 Å². The van der Waals surface area contributed by atoms with Crippen molar-refractivity contribution in [3.05, 3.63) is 0 Å². The largest absolute Gasteiger partial charge is 0.313 e. The number of fused-ring (bicyclic) bond motifs is 1. The highest BCUT2D eigenvalue weighted by Crippen LogP contribution is 2.33. The molecule has 3 rings (SSSR count). The van der Waals surface area contributed by atoms with Crippen molar-refractivity contribution in [2.75, 3.05) is 39.3 Å². The highest BCUT2D eigenvalue weighted by Gasteiger charge is 2.35. The van der Waals surface area contributed by atoms with E-state index in [1.807, 2.05) is 0 Å². The zero-order valence-electron chi connectivity index (χ0n) is 11.2. The molecule has 2 saturated heterocycles. The SMILES string of the molecule is CCNC(CN1CCN2CCCC2C1)C1CC1. The molecule has 1 aliphatic carbocycles. The summed E-state index contributed by atoms with van der Waals surface area (Å²) in [6.07, 6.45) is 5.78. The van der Waals surface area contributed by atoms with Gasteiger partial charge in [0, 0.05) is 38.3 Å². The molecule has 0 aromatic rings. The Kier molecular flexibility index (Phi) is 3.69. The second-order valence-electron chi connectivity index (χ2n) is 6.09. The second-order valence-corrected chi connectivity index (χ2v) is 6.09. The van der Waals surface area contributed by atoms with Gasteiger partial charge in [-0.15, -0.1) is 0 Å². The quantitative estimate of drug-likeness (QED) is 0.774. The van der Waals surface area contributed by atoms with Gasteiger partial charge in [0.15, 0.2) is 0 Å². The number of hydrogen-bond acceptors (Lipinski definition) is 3. The first-order valence-electron chi connectivity index (χ1n) is 7.56. The van der Waals surface area contributed by atoms with E-state index in [4.69, 9.17) is 0 Å². The first-order chi connectivity index (χ1) is 8.36. The molecular weight excluding hydrogens is 210 g/mol. The summed E-state index contributed by atoms with van der Waals surface area (Å²) in [6, 6.07) is 1.65. The predicted octanol–water partition coefficient (Wildman–Crippen LogP) is 1.15. The lowest BCUT2D eigenvalue weighted by Gasteiger charge is -2.39. The molecule has 3 fully saturated rings. The first kappa shape index (κ1) is 11.9. The van der Waals surface area contributed by atoms with E-state index in [1.165, 1.54) is 58.4 Å². The number of likely N-dealkylation sites (N-methyl/N-ethyl adjacent to an activating group) is 1. The molecule has 0 bridgehead atoms. The monoisotopic (exact) mass is 237 g/mol. The fourth-order valence-electron chi connectivity index (χ4n) is 3.64. The molecule has 0 aromatic heterocycles. The Bertz CT molecular complexity index is 252. The van der Waals surface area contributed by atoms with Crippen LogP contribution in [0.1, 0.15) is 32.6 Å². The van der Waals surface area contributed by atoms with Crippen LogP contribution in [0.15, 0.2) is 0 Å². The van der Waals surface area contributed by atoms with Crippen LogP contribution in [0.3, 0.4) is 0 Å². The number of rotatable bonds is 5. The van der Waals surface area contributed by atoms with Crippen molar-refractivity contribution in [1.29, 1.82) is 0 Å². The van der Waals surface area contributed by atoms with Crippen LogP contribution in [0.5, 0.6) is 0 Å². The number of nitrogens with zero attached hydrogens (tertiary/aromatic N) is 2. The van der Waals surface area contributed by atoms with Crippen molar-refractivity contribution in [3.8, 4) is 0 Å². The van der Waals surface area contributed by atoms with Crippen molar-refractivity contribution in [1.82, 2.24) is 15.1 Å². The fraction of sp³-hybridized carbons (Fsp3) is 1.00. The Hall–Kier alpha value is -0.120. The Balaban J connectivity index is 1.50. The summed E-state index contributed by atoms with van der Waals surface area (Å²) >= 11 is 0. The first-order valence-corrected chi connectivity index (χ1v) is 7.56. The highest BCUT2D eigenvalue weighted by molar-refractivity contribution is 4.92. The van der Waals surface area contributed by atoms with Crippen molar-refractivity contribution in [3.63, 3.8) is 0 Å². The predicted molar refractivity (Wildman–Crippen MR) is 71.2 cm³/mol. The smallest absolute Gasteiger partial charge is 0.0224 e. The molecule has 0 radical (unpaired) electrons. The van der Waals surface area contributed by atoms with Gasteiger partial charge in [0.25, 0.3) is 0 Å². The minimum absolute atomic E-state index is 0.771. The number of hydrogen-bond donors (Lipinski definition) is 1. The summed E-state index contributed by atoms with van der Waals surface area (Å²) in [5.41, 5.74) is 0. The summed E-state index contributed by atoms with van der Waals surface area (Å²) in [6.45, 7) is 9.96. The van der Waals surface area contributed by atoms with Crippen molar-refractivity contribution in [2.45, 2.75) is 44.7 Å². The van der Waals surface area contributed by atoms with E-state index >= 15 is 0 Å². The standard InChI is InChI=1S/C14H27N3/c1-2-15-14(12-5-6-12)11-16-8-9-17-7-3-4-13(17)10-16/h12-15H,2-11H2,1H3. The molecule has 0 spiro atoms. The molecule has 2 heterocycles. The van der Waals surface area contributed by atoms with Crippen LogP contribution in [0, 0.1) is 5.92 Å². The van der Waals surface area contributed by atoms with E-state index in [0.29, 0.717) is 0 Å². The van der Waals surface area contributed by atoms with Crippen LogP contribution < -0.4 is 5.32 Å². The van der Waals surface area contributed by atoms with Crippen molar-refractivity contribution < 1.29 is 0 Å². The molecule has 1 N–H and O–H groups in total. The molecule has 17 heavy (non-hydrogen) atoms. The molecule has 2 atom stereocenters. The molecule has 3 nitrogen and oxygen atoms in total.